The molecule has 0 unspecified atom stereocenters. The minimum absolute atomic E-state index is 0.0913. The zero-order valence-electron chi connectivity index (χ0n) is 15.1. The highest BCUT2D eigenvalue weighted by atomic mass is 28.4. The van der Waals surface area contributed by atoms with E-state index < -0.39 is 8.32 Å². The van der Waals surface area contributed by atoms with Crippen molar-refractivity contribution in [3.8, 4) is 0 Å². The van der Waals surface area contributed by atoms with Crippen molar-refractivity contribution in [3.05, 3.63) is 0 Å². The van der Waals surface area contributed by atoms with Crippen LogP contribution in [-0.4, -0.2) is 32.9 Å². The summed E-state index contributed by atoms with van der Waals surface area (Å²) in [5.41, 5.74) is 0. The van der Waals surface area contributed by atoms with E-state index in [2.05, 4.69) is 47.7 Å². The van der Waals surface area contributed by atoms with Gasteiger partial charge in [0, 0.05) is 17.9 Å². The van der Waals surface area contributed by atoms with Gasteiger partial charge in [-0.05, 0) is 31.0 Å². The van der Waals surface area contributed by atoms with E-state index in [4.69, 9.17) is 9.16 Å². The average Bonchev–Trinajstić information content (AvgIpc) is 3.12. The van der Waals surface area contributed by atoms with Crippen LogP contribution in [0.4, 0.5) is 0 Å². The highest BCUT2D eigenvalue weighted by molar-refractivity contribution is 6.74. The minimum Gasteiger partial charge on any atom is -0.414 e. The van der Waals surface area contributed by atoms with Gasteiger partial charge in [-0.15, -0.1) is 0 Å². The van der Waals surface area contributed by atoms with Crippen LogP contribution >= 0.6 is 0 Å². The van der Waals surface area contributed by atoms with Gasteiger partial charge in [0.15, 0.2) is 8.32 Å². The topological polar surface area (TPSA) is 38.8 Å². The first-order valence-corrected chi connectivity index (χ1v) is 11.2. The van der Waals surface area contributed by atoms with Crippen molar-refractivity contribution in [2.45, 2.75) is 90.8 Å². The third-order valence-corrected chi connectivity index (χ3v) is 9.72. The number of carbonyl (C=O) groups excluding carboxylic acids is 1. The van der Waals surface area contributed by atoms with Gasteiger partial charge in [-0.1, -0.05) is 41.5 Å². The van der Waals surface area contributed by atoms with Crippen molar-refractivity contribution >= 4 is 14.6 Å². The molecular weight excluding hydrogens is 280 g/mol. The molecule has 124 valence electrons. The van der Waals surface area contributed by atoms with Crippen molar-refractivity contribution in [1.82, 2.24) is 0 Å². The fraction of sp³-hybridized carbons (Fsp3) is 0.941. The molecule has 1 saturated heterocycles. The molecular formula is C17H34O3Si. The van der Waals surface area contributed by atoms with Crippen LogP contribution in [0.25, 0.3) is 0 Å². The fourth-order valence-corrected chi connectivity index (χ4v) is 4.05. The summed E-state index contributed by atoms with van der Waals surface area (Å²) in [6, 6.07) is 0. The van der Waals surface area contributed by atoms with E-state index in [-0.39, 0.29) is 29.3 Å². The summed E-state index contributed by atoms with van der Waals surface area (Å²) in [6.07, 6.45) is 3.65. The molecule has 0 radical (unpaired) electrons. The lowest BCUT2D eigenvalue weighted by Crippen LogP contribution is -2.46. The number of ether oxygens (including phenoxy) is 1. The number of epoxide rings is 1. The van der Waals surface area contributed by atoms with Crippen LogP contribution in [-0.2, 0) is 14.0 Å². The van der Waals surface area contributed by atoms with Gasteiger partial charge in [0.25, 0.3) is 0 Å². The van der Waals surface area contributed by atoms with Gasteiger partial charge in [-0.25, -0.2) is 0 Å². The number of hydrogen-bond donors (Lipinski definition) is 0. The van der Waals surface area contributed by atoms with Gasteiger partial charge in [-0.2, -0.15) is 0 Å². The maximum absolute atomic E-state index is 10.8. The second-order valence-corrected chi connectivity index (χ2v) is 12.9. The van der Waals surface area contributed by atoms with E-state index in [9.17, 15) is 4.79 Å². The SMILES string of the molecule is CC[C@H](O[Si](C)(C)C(C)(C)C)[C@@H](C)[C@H]1O[C@H]1C[C@H](C)C=O. The highest BCUT2D eigenvalue weighted by Gasteiger charge is 2.48. The molecule has 0 aromatic rings. The van der Waals surface area contributed by atoms with Crippen LogP contribution in [0.2, 0.25) is 18.1 Å². The van der Waals surface area contributed by atoms with E-state index in [0.717, 1.165) is 19.1 Å². The third-order valence-electron chi connectivity index (χ3n) is 5.22. The quantitative estimate of drug-likeness (QED) is 0.378. The predicted octanol–water partition coefficient (Wildman–Crippen LogP) is 4.42. The molecule has 1 heterocycles. The van der Waals surface area contributed by atoms with Gasteiger partial charge in [0.1, 0.15) is 6.29 Å². The molecule has 0 N–H and O–H groups in total. The lowest BCUT2D eigenvalue weighted by Gasteiger charge is -2.40. The van der Waals surface area contributed by atoms with E-state index in [0.29, 0.717) is 5.92 Å². The lowest BCUT2D eigenvalue weighted by molar-refractivity contribution is -0.110. The highest BCUT2D eigenvalue weighted by Crippen LogP contribution is 2.41. The molecule has 0 amide bonds. The van der Waals surface area contributed by atoms with E-state index >= 15 is 0 Å². The largest absolute Gasteiger partial charge is 0.414 e. The zero-order valence-corrected chi connectivity index (χ0v) is 16.1. The first-order valence-electron chi connectivity index (χ1n) is 8.32. The number of hydrogen-bond acceptors (Lipinski definition) is 3. The Labute approximate surface area is 131 Å². The number of aldehydes is 1. The van der Waals surface area contributed by atoms with Crippen molar-refractivity contribution in [2.24, 2.45) is 11.8 Å². The summed E-state index contributed by atoms with van der Waals surface area (Å²) in [5.74, 6) is 0.488. The van der Waals surface area contributed by atoms with Gasteiger partial charge in [-0.3, -0.25) is 0 Å². The molecule has 0 aromatic carbocycles. The summed E-state index contributed by atoms with van der Waals surface area (Å²) in [4.78, 5) is 10.8. The number of rotatable bonds is 8. The minimum atomic E-state index is -1.74. The van der Waals surface area contributed by atoms with Crippen molar-refractivity contribution in [1.29, 1.82) is 0 Å². The monoisotopic (exact) mass is 314 g/mol. The molecule has 0 aromatic heterocycles. The van der Waals surface area contributed by atoms with Gasteiger partial charge in [0.2, 0.25) is 0 Å². The lowest BCUT2D eigenvalue weighted by atomic mass is 9.94. The standard InChI is InChI=1S/C17H34O3Si/c1-9-14(20-21(7,8)17(4,5)6)13(3)16-15(19-16)10-12(2)11-18/h11-16H,9-10H2,1-8H3/t12-,13+,14-,15-,16+/m0/s1. The Morgan fingerprint density at radius 2 is 1.86 bits per heavy atom. The van der Waals surface area contributed by atoms with E-state index in [1.165, 1.54) is 0 Å². The summed E-state index contributed by atoms with van der Waals surface area (Å²) >= 11 is 0. The van der Waals surface area contributed by atoms with Crippen LogP contribution in [0.5, 0.6) is 0 Å². The van der Waals surface area contributed by atoms with E-state index in [1.807, 2.05) is 6.92 Å². The second-order valence-electron chi connectivity index (χ2n) is 8.17. The van der Waals surface area contributed by atoms with Crippen LogP contribution in [0.1, 0.15) is 54.4 Å². The third kappa shape index (κ3) is 4.90. The molecule has 0 saturated carbocycles. The molecule has 3 nitrogen and oxygen atoms in total. The molecule has 0 aliphatic carbocycles. The first kappa shape index (κ1) is 18.9. The number of carbonyl (C=O) groups is 1. The van der Waals surface area contributed by atoms with Crippen LogP contribution in [0, 0.1) is 11.8 Å². The maximum Gasteiger partial charge on any atom is 0.192 e. The first-order chi connectivity index (χ1) is 9.53. The van der Waals surface area contributed by atoms with Crippen LogP contribution in [0.15, 0.2) is 0 Å². The average molecular weight is 315 g/mol. The van der Waals surface area contributed by atoms with Crippen LogP contribution in [0.3, 0.4) is 0 Å². The summed E-state index contributed by atoms with van der Waals surface area (Å²) in [5, 5.41) is 0.232. The molecule has 1 fully saturated rings. The Kier molecular flexibility index (Phi) is 6.22. The Balaban J connectivity index is 2.60. The smallest absolute Gasteiger partial charge is 0.192 e. The Morgan fingerprint density at radius 1 is 1.29 bits per heavy atom. The predicted molar refractivity (Wildman–Crippen MR) is 90.0 cm³/mol. The molecule has 4 heteroatoms. The van der Waals surface area contributed by atoms with Gasteiger partial charge < -0.3 is 14.0 Å². The molecule has 0 spiro atoms. The maximum atomic E-state index is 10.8. The molecule has 5 atom stereocenters. The molecule has 21 heavy (non-hydrogen) atoms. The van der Waals surface area contributed by atoms with Gasteiger partial charge >= 0.3 is 0 Å². The van der Waals surface area contributed by atoms with E-state index in [1.54, 1.807) is 0 Å². The van der Waals surface area contributed by atoms with Crippen molar-refractivity contribution < 1.29 is 14.0 Å². The summed E-state index contributed by atoms with van der Waals surface area (Å²) in [7, 11) is -1.74. The Morgan fingerprint density at radius 3 is 2.29 bits per heavy atom. The van der Waals surface area contributed by atoms with Crippen molar-refractivity contribution in [3.63, 3.8) is 0 Å². The van der Waals surface area contributed by atoms with Crippen LogP contribution < -0.4 is 0 Å². The molecule has 1 aliphatic heterocycles. The molecule has 1 aliphatic rings. The molecule has 0 bridgehead atoms. The molecule has 1 rings (SSSR count). The van der Waals surface area contributed by atoms with Crippen molar-refractivity contribution in [2.75, 3.05) is 0 Å². The summed E-state index contributed by atoms with van der Waals surface area (Å²) in [6.45, 7) is 17.8. The van der Waals surface area contributed by atoms with Gasteiger partial charge in [0.05, 0.1) is 12.2 Å². The Bertz CT molecular complexity index is 348. The second kappa shape index (κ2) is 6.92. The zero-order chi connectivity index (χ0) is 16.4. The fourth-order valence-electron chi connectivity index (χ4n) is 2.56. The summed E-state index contributed by atoms with van der Waals surface area (Å²) < 4.78 is 12.4. The Hall–Kier alpha value is -0.193. The normalized spacial score (nSPS) is 27.0.